The Balaban J connectivity index is 1.74. The summed E-state index contributed by atoms with van der Waals surface area (Å²) in [5, 5.41) is 11.1. The number of carbonyl (C=O) groups excluding carboxylic acids is 1. The number of hydrogen-bond acceptors (Lipinski definition) is 6. The highest BCUT2D eigenvalue weighted by atomic mass is 16.2. The first-order valence-electron chi connectivity index (χ1n) is 11.1. The van der Waals surface area contributed by atoms with E-state index >= 15 is 0 Å². The van der Waals surface area contributed by atoms with Gasteiger partial charge in [0, 0.05) is 23.9 Å². The lowest BCUT2D eigenvalue weighted by atomic mass is 10.1. The van der Waals surface area contributed by atoms with Crippen LogP contribution in [0.4, 0.5) is 5.82 Å². The number of hydrazine groups is 1. The number of anilines is 1. The molecule has 0 spiro atoms. The van der Waals surface area contributed by atoms with Crippen molar-refractivity contribution < 1.29 is 4.79 Å². The monoisotopic (exact) mass is 420 g/mol. The Morgan fingerprint density at radius 1 is 1.26 bits per heavy atom. The van der Waals surface area contributed by atoms with E-state index in [0.29, 0.717) is 11.4 Å². The molecule has 1 aromatic carbocycles. The van der Waals surface area contributed by atoms with Crippen LogP contribution in [0.5, 0.6) is 0 Å². The topological polar surface area (TPSA) is 85.2 Å². The number of nitrogens with one attached hydrogen (secondary N) is 1. The van der Waals surface area contributed by atoms with Gasteiger partial charge >= 0.3 is 0 Å². The fraction of sp³-hybridized carbons (Fsp3) is 0.500. The van der Waals surface area contributed by atoms with Gasteiger partial charge < -0.3 is 4.90 Å². The Labute approximate surface area is 185 Å². The SMILES string of the molecule is CCCCN(C)Cc1ccc(C(=O)NN(c2nc(C#N)ncc2C)C2CCCC2)cc1. The van der Waals surface area contributed by atoms with E-state index in [1.807, 2.05) is 42.3 Å². The second kappa shape index (κ2) is 10.9. The van der Waals surface area contributed by atoms with Crippen LogP contribution in [0.1, 0.15) is 72.8 Å². The number of rotatable bonds is 9. The van der Waals surface area contributed by atoms with Gasteiger partial charge in [-0.2, -0.15) is 10.2 Å². The molecule has 1 aromatic heterocycles. The van der Waals surface area contributed by atoms with Crippen molar-refractivity contribution in [2.45, 2.75) is 65.0 Å². The second-order valence-corrected chi connectivity index (χ2v) is 8.35. The van der Waals surface area contributed by atoms with Crippen molar-refractivity contribution in [3.63, 3.8) is 0 Å². The van der Waals surface area contributed by atoms with Gasteiger partial charge in [-0.3, -0.25) is 15.2 Å². The maximum atomic E-state index is 13.1. The molecule has 31 heavy (non-hydrogen) atoms. The highest BCUT2D eigenvalue weighted by Crippen LogP contribution is 2.27. The normalized spacial score (nSPS) is 13.9. The molecule has 0 unspecified atom stereocenters. The van der Waals surface area contributed by atoms with E-state index in [4.69, 9.17) is 0 Å². The first kappa shape index (κ1) is 22.7. The Bertz CT molecular complexity index is 915. The Morgan fingerprint density at radius 2 is 1.97 bits per heavy atom. The first-order chi connectivity index (χ1) is 15.0. The van der Waals surface area contributed by atoms with Gasteiger partial charge in [-0.1, -0.05) is 38.3 Å². The Kier molecular flexibility index (Phi) is 7.96. The molecule has 2 aromatic rings. The molecule has 1 N–H and O–H groups in total. The summed E-state index contributed by atoms with van der Waals surface area (Å²) in [7, 11) is 2.12. The second-order valence-electron chi connectivity index (χ2n) is 8.35. The van der Waals surface area contributed by atoms with Crippen molar-refractivity contribution in [1.82, 2.24) is 20.3 Å². The average Bonchev–Trinajstić information content (AvgIpc) is 3.31. The molecule has 164 valence electrons. The van der Waals surface area contributed by atoms with E-state index in [9.17, 15) is 10.1 Å². The van der Waals surface area contributed by atoms with Crippen molar-refractivity contribution in [2.24, 2.45) is 0 Å². The molecule has 1 aliphatic carbocycles. The average molecular weight is 421 g/mol. The lowest BCUT2D eigenvalue weighted by Gasteiger charge is -2.31. The molecule has 7 heteroatoms. The van der Waals surface area contributed by atoms with Crippen molar-refractivity contribution in [2.75, 3.05) is 18.6 Å². The van der Waals surface area contributed by atoms with Gasteiger partial charge in [-0.25, -0.2) is 4.98 Å². The summed E-state index contributed by atoms with van der Waals surface area (Å²) in [5.41, 5.74) is 5.68. The number of unbranched alkanes of at least 4 members (excludes halogenated alkanes) is 1. The lowest BCUT2D eigenvalue weighted by Crippen LogP contribution is -2.49. The van der Waals surface area contributed by atoms with Crippen LogP contribution in [0.3, 0.4) is 0 Å². The number of amides is 1. The third-order valence-electron chi connectivity index (χ3n) is 5.75. The molecule has 0 bridgehead atoms. The van der Waals surface area contributed by atoms with Gasteiger partial charge in [0.2, 0.25) is 5.82 Å². The van der Waals surface area contributed by atoms with Gasteiger partial charge in [-0.05, 0) is 57.5 Å². The summed E-state index contributed by atoms with van der Waals surface area (Å²) < 4.78 is 0. The maximum absolute atomic E-state index is 13.1. The molecular formula is C24H32N6O. The zero-order valence-corrected chi connectivity index (χ0v) is 18.8. The minimum absolute atomic E-state index is 0.106. The standard InChI is InChI=1S/C24H32N6O/c1-4-5-14-29(3)17-19-10-12-20(13-11-19)24(31)28-30(21-8-6-7-9-21)23-18(2)16-26-22(15-25)27-23/h10-13,16,21H,4-9,14,17H2,1-3H3,(H,28,31). The van der Waals surface area contributed by atoms with Crippen LogP contribution in [0.25, 0.3) is 0 Å². The lowest BCUT2D eigenvalue weighted by molar-refractivity contribution is 0.0943. The largest absolute Gasteiger partial charge is 0.302 e. The van der Waals surface area contributed by atoms with Crippen LogP contribution in [0, 0.1) is 18.3 Å². The van der Waals surface area contributed by atoms with Crippen LogP contribution < -0.4 is 10.4 Å². The number of benzene rings is 1. The minimum Gasteiger partial charge on any atom is -0.302 e. The molecule has 3 rings (SSSR count). The number of aromatic nitrogens is 2. The molecule has 1 saturated carbocycles. The molecule has 1 amide bonds. The number of nitriles is 1. The number of carbonyl (C=O) groups is 1. The van der Waals surface area contributed by atoms with E-state index in [1.54, 1.807) is 6.20 Å². The highest BCUT2D eigenvalue weighted by Gasteiger charge is 2.27. The van der Waals surface area contributed by atoms with Crippen LogP contribution in [-0.4, -0.2) is 40.4 Å². The van der Waals surface area contributed by atoms with E-state index in [-0.39, 0.29) is 17.8 Å². The van der Waals surface area contributed by atoms with E-state index < -0.39 is 0 Å². The van der Waals surface area contributed by atoms with Gasteiger partial charge in [0.25, 0.3) is 5.91 Å². The smallest absolute Gasteiger partial charge is 0.269 e. The summed E-state index contributed by atoms with van der Waals surface area (Å²) in [6.45, 7) is 6.03. The first-order valence-corrected chi connectivity index (χ1v) is 11.1. The number of aryl methyl sites for hydroxylation is 1. The van der Waals surface area contributed by atoms with Gasteiger partial charge in [-0.15, -0.1) is 0 Å². The Hall–Kier alpha value is -2.98. The molecule has 1 heterocycles. The molecule has 0 atom stereocenters. The third kappa shape index (κ3) is 6.02. The fourth-order valence-electron chi connectivity index (χ4n) is 3.96. The third-order valence-corrected chi connectivity index (χ3v) is 5.75. The molecular weight excluding hydrogens is 388 g/mol. The quantitative estimate of drug-likeness (QED) is 0.618. The summed E-state index contributed by atoms with van der Waals surface area (Å²) >= 11 is 0. The van der Waals surface area contributed by atoms with E-state index in [1.165, 1.54) is 18.4 Å². The summed E-state index contributed by atoms with van der Waals surface area (Å²) in [6, 6.07) is 9.93. The molecule has 1 aliphatic rings. The van der Waals surface area contributed by atoms with Crippen molar-refractivity contribution >= 4 is 11.7 Å². The highest BCUT2D eigenvalue weighted by molar-refractivity contribution is 5.95. The van der Waals surface area contributed by atoms with Crippen molar-refractivity contribution in [3.8, 4) is 6.07 Å². The molecule has 0 saturated heterocycles. The number of nitrogens with zero attached hydrogens (tertiary/aromatic N) is 5. The zero-order valence-electron chi connectivity index (χ0n) is 18.8. The predicted octanol–water partition coefficient (Wildman–Crippen LogP) is 3.98. The van der Waals surface area contributed by atoms with Crippen molar-refractivity contribution in [1.29, 1.82) is 5.26 Å². The molecule has 1 fully saturated rings. The van der Waals surface area contributed by atoms with Crippen LogP contribution >= 0.6 is 0 Å². The zero-order chi connectivity index (χ0) is 22.2. The molecule has 0 aliphatic heterocycles. The fourth-order valence-corrected chi connectivity index (χ4v) is 3.96. The van der Waals surface area contributed by atoms with Crippen LogP contribution in [0.2, 0.25) is 0 Å². The van der Waals surface area contributed by atoms with Crippen LogP contribution in [-0.2, 0) is 6.54 Å². The summed E-state index contributed by atoms with van der Waals surface area (Å²) in [4.78, 5) is 23.8. The van der Waals surface area contributed by atoms with Crippen molar-refractivity contribution in [3.05, 3.63) is 53.0 Å². The van der Waals surface area contributed by atoms with E-state index in [0.717, 1.165) is 44.3 Å². The summed E-state index contributed by atoms with van der Waals surface area (Å²) in [5.74, 6) is 0.532. The number of hydrogen-bond donors (Lipinski definition) is 1. The van der Waals surface area contributed by atoms with Gasteiger partial charge in [0.05, 0.1) is 6.04 Å². The van der Waals surface area contributed by atoms with Gasteiger partial charge in [0.15, 0.2) is 5.82 Å². The van der Waals surface area contributed by atoms with E-state index in [2.05, 4.69) is 34.3 Å². The summed E-state index contributed by atoms with van der Waals surface area (Å²) in [6.07, 6.45) is 8.20. The predicted molar refractivity (Wildman–Crippen MR) is 121 cm³/mol. The molecule has 0 radical (unpaired) electrons. The van der Waals surface area contributed by atoms with Crippen LogP contribution in [0.15, 0.2) is 30.5 Å². The Morgan fingerprint density at radius 3 is 2.61 bits per heavy atom. The maximum Gasteiger partial charge on any atom is 0.269 e. The minimum atomic E-state index is -0.172. The van der Waals surface area contributed by atoms with Gasteiger partial charge in [0.1, 0.15) is 6.07 Å². The molecule has 7 nitrogen and oxygen atoms in total.